The lowest BCUT2D eigenvalue weighted by molar-refractivity contribution is -0.123. The highest BCUT2D eigenvalue weighted by Gasteiger charge is 2.28. The Morgan fingerprint density at radius 2 is 2.00 bits per heavy atom. The molecule has 1 amide bonds. The summed E-state index contributed by atoms with van der Waals surface area (Å²) in [7, 11) is 3.15. The average molecular weight is 373 g/mol. The predicted octanol–water partition coefficient (Wildman–Crippen LogP) is 2.30. The van der Waals surface area contributed by atoms with Crippen LogP contribution in [-0.2, 0) is 11.3 Å². The normalized spacial score (nSPS) is 22.3. The van der Waals surface area contributed by atoms with Gasteiger partial charge in [-0.15, -0.1) is 10.2 Å². The number of methoxy groups -OCH3 is 2. The van der Waals surface area contributed by atoms with Crippen LogP contribution in [0.2, 0.25) is 0 Å². The van der Waals surface area contributed by atoms with Gasteiger partial charge in [0, 0.05) is 11.6 Å². The number of nitrogens with zero attached hydrogens (tertiary/aromatic N) is 4. The number of hydrogen-bond donors (Lipinski definition) is 1. The van der Waals surface area contributed by atoms with Crippen LogP contribution in [0.4, 0.5) is 0 Å². The largest absolute Gasteiger partial charge is 0.493 e. The number of hydrogen-bond acceptors (Lipinski definition) is 6. The van der Waals surface area contributed by atoms with Gasteiger partial charge < -0.3 is 14.8 Å². The summed E-state index contributed by atoms with van der Waals surface area (Å²) in [6.45, 7) is 4.51. The number of nitrogens with one attached hydrogen (secondary N) is 1. The summed E-state index contributed by atoms with van der Waals surface area (Å²) in [4.78, 5) is 13.7. The topological polar surface area (TPSA) is 91.2 Å². The van der Waals surface area contributed by atoms with Gasteiger partial charge in [-0.25, -0.2) is 0 Å². The maximum Gasteiger partial charge on any atom is 0.243 e. The molecule has 0 radical (unpaired) electrons. The van der Waals surface area contributed by atoms with Gasteiger partial charge in [0.15, 0.2) is 11.5 Å². The van der Waals surface area contributed by atoms with Gasteiger partial charge in [-0.05, 0) is 41.7 Å². The van der Waals surface area contributed by atoms with Crippen molar-refractivity contribution in [1.29, 1.82) is 0 Å². The van der Waals surface area contributed by atoms with E-state index in [4.69, 9.17) is 9.47 Å². The molecule has 1 aliphatic rings. The lowest BCUT2D eigenvalue weighted by Gasteiger charge is -2.34. The average Bonchev–Trinajstić information content (AvgIpc) is 3.13. The van der Waals surface area contributed by atoms with Gasteiger partial charge in [-0.1, -0.05) is 26.7 Å². The second-order valence-corrected chi connectivity index (χ2v) is 7.15. The third kappa shape index (κ3) is 4.37. The van der Waals surface area contributed by atoms with Crippen LogP contribution in [0.5, 0.6) is 11.5 Å². The zero-order chi connectivity index (χ0) is 19.4. The number of carbonyl (C=O) groups excluding carboxylic acids is 1. The molecule has 0 unspecified atom stereocenters. The van der Waals surface area contributed by atoms with Gasteiger partial charge in [0.1, 0.15) is 6.54 Å². The number of benzene rings is 1. The molecule has 146 valence electrons. The molecule has 0 saturated heterocycles. The molecule has 1 saturated carbocycles. The van der Waals surface area contributed by atoms with Crippen LogP contribution in [0.3, 0.4) is 0 Å². The Labute approximate surface area is 159 Å². The standard InChI is InChI=1S/C19H27N5O3/c1-12-6-5-7-15(13(12)2)20-18(25)11-24-22-19(21-23-24)14-8-9-16(26-3)17(10-14)27-4/h8-10,12-13,15H,5-7,11H2,1-4H3,(H,20,25)/t12-,13+,15-/m0/s1. The Bertz CT molecular complexity index is 791. The highest BCUT2D eigenvalue weighted by atomic mass is 16.5. The molecule has 2 aromatic rings. The molecule has 1 aliphatic carbocycles. The van der Waals surface area contributed by atoms with E-state index in [2.05, 4.69) is 34.6 Å². The summed E-state index contributed by atoms with van der Waals surface area (Å²) < 4.78 is 10.5. The van der Waals surface area contributed by atoms with Crippen molar-refractivity contribution in [3.05, 3.63) is 18.2 Å². The van der Waals surface area contributed by atoms with Crippen LogP contribution < -0.4 is 14.8 Å². The van der Waals surface area contributed by atoms with Crippen molar-refractivity contribution >= 4 is 5.91 Å². The molecule has 3 rings (SSSR count). The Balaban J connectivity index is 1.65. The number of tetrazole rings is 1. The highest BCUT2D eigenvalue weighted by molar-refractivity contribution is 5.76. The van der Waals surface area contributed by atoms with Crippen LogP contribution in [0.25, 0.3) is 11.4 Å². The molecule has 1 aromatic heterocycles. The molecule has 0 spiro atoms. The van der Waals surface area contributed by atoms with E-state index in [1.807, 2.05) is 6.07 Å². The fourth-order valence-electron chi connectivity index (χ4n) is 3.57. The third-order valence-electron chi connectivity index (χ3n) is 5.43. The van der Waals surface area contributed by atoms with Gasteiger partial charge in [0.25, 0.3) is 0 Å². The molecule has 1 N–H and O–H groups in total. The van der Waals surface area contributed by atoms with Gasteiger partial charge >= 0.3 is 0 Å². The minimum absolute atomic E-state index is 0.0535. The lowest BCUT2D eigenvalue weighted by Crippen LogP contribution is -2.45. The molecule has 3 atom stereocenters. The number of carbonyl (C=O) groups is 1. The highest BCUT2D eigenvalue weighted by Crippen LogP contribution is 2.31. The zero-order valence-corrected chi connectivity index (χ0v) is 16.3. The molecular formula is C19H27N5O3. The maximum absolute atomic E-state index is 12.4. The fraction of sp³-hybridized carbons (Fsp3) is 0.579. The van der Waals surface area contributed by atoms with E-state index in [-0.39, 0.29) is 18.5 Å². The number of aromatic nitrogens is 4. The summed E-state index contributed by atoms with van der Waals surface area (Å²) in [5, 5.41) is 15.5. The molecule has 0 aliphatic heterocycles. The van der Waals surface area contributed by atoms with E-state index < -0.39 is 0 Å². The van der Waals surface area contributed by atoms with Crippen LogP contribution >= 0.6 is 0 Å². The van der Waals surface area contributed by atoms with E-state index in [1.54, 1.807) is 26.4 Å². The van der Waals surface area contributed by atoms with E-state index >= 15 is 0 Å². The first-order chi connectivity index (χ1) is 13.0. The van der Waals surface area contributed by atoms with Crippen molar-refractivity contribution in [3.8, 4) is 22.9 Å². The van der Waals surface area contributed by atoms with Crippen molar-refractivity contribution in [2.75, 3.05) is 14.2 Å². The van der Waals surface area contributed by atoms with Crippen LogP contribution in [0.15, 0.2) is 18.2 Å². The van der Waals surface area contributed by atoms with Crippen molar-refractivity contribution in [3.63, 3.8) is 0 Å². The van der Waals surface area contributed by atoms with Crippen molar-refractivity contribution in [2.45, 2.75) is 45.7 Å². The second-order valence-electron chi connectivity index (χ2n) is 7.15. The van der Waals surface area contributed by atoms with Crippen LogP contribution in [0.1, 0.15) is 33.1 Å². The molecule has 1 heterocycles. The minimum Gasteiger partial charge on any atom is -0.493 e. The van der Waals surface area contributed by atoms with Crippen LogP contribution in [-0.4, -0.2) is 46.4 Å². The SMILES string of the molecule is COc1ccc(-c2nnn(CC(=O)N[C@H]3CCC[C@H](C)[C@H]3C)n2)cc1OC. The Hall–Kier alpha value is -2.64. The quantitative estimate of drug-likeness (QED) is 0.835. The molecule has 1 fully saturated rings. The number of ether oxygens (including phenoxy) is 2. The summed E-state index contributed by atoms with van der Waals surface area (Å²) in [5.74, 6) is 2.67. The summed E-state index contributed by atoms with van der Waals surface area (Å²) in [6, 6.07) is 5.61. The van der Waals surface area contributed by atoms with E-state index in [1.165, 1.54) is 11.2 Å². The van der Waals surface area contributed by atoms with E-state index in [0.717, 1.165) is 18.4 Å². The second kappa shape index (κ2) is 8.37. The van der Waals surface area contributed by atoms with Crippen molar-refractivity contribution < 1.29 is 14.3 Å². The molecule has 1 aromatic carbocycles. The number of rotatable bonds is 6. The molecule has 0 bridgehead atoms. The third-order valence-corrected chi connectivity index (χ3v) is 5.43. The minimum atomic E-state index is -0.0859. The Morgan fingerprint density at radius 3 is 2.74 bits per heavy atom. The maximum atomic E-state index is 12.4. The first kappa shape index (κ1) is 19.1. The van der Waals surface area contributed by atoms with Gasteiger partial charge in [0.2, 0.25) is 11.7 Å². The number of amides is 1. The van der Waals surface area contributed by atoms with Crippen molar-refractivity contribution in [1.82, 2.24) is 25.5 Å². The molecule has 27 heavy (non-hydrogen) atoms. The van der Waals surface area contributed by atoms with Gasteiger partial charge in [-0.3, -0.25) is 4.79 Å². The van der Waals surface area contributed by atoms with Crippen LogP contribution in [0, 0.1) is 11.8 Å². The van der Waals surface area contributed by atoms with E-state index in [9.17, 15) is 4.79 Å². The zero-order valence-electron chi connectivity index (χ0n) is 16.3. The first-order valence-corrected chi connectivity index (χ1v) is 9.31. The monoisotopic (exact) mass is 373 g/mol. The Kier molecular flexibility index (Phi) is 5.93. The summed E-state index contributed by atoms with van der Waals surface area (Å²) >= 11 is 0. The first-order valence-electron chi connectivity index (χ1n) is 9.31. The fourth-order valence-corrected chi connectivity index (χ4v) is 3.57. The summed E-state index contributed by atoms with van der Waals surface area (Å²) in [5.41, 5.74) is 0.744. The lowest BCUT2D eigenvalue weighted by atomic mass is 9.78. The predicted molar refractivity (Wildman–Crippen MR) is 100 cm³/mol. The summed E-state index contributed by atoms with van der Waals surface area (Å²) in [6.07, 6.45) is 3.41. The smallest absolute Gasteiger partial charge is 0.243 e. The molecular weight excluding hydrogens is 346 g/mol. The Morgan fingerprint density at radius 1 is 1.22 bits per heavy atom. The van der Waals surface area contributed by atoms with Crippen molar-refractivity contribution in [2.24, 2.45) is 11.8 Å². The van der Waals surface area contributed by atoms with Gasteiger partial charge in [0.05, 0.1) is 14.2 Å². The molecule has 8 heteroatoms. The molecule has 8 nitrogen and oxygen atoms in total. The van der Waals surface area contributed by atoms with Gasteiger partial charge in [-0.2, -0.15) is 4.80 Å². The van der Waals surface area contributed by atoms with E-state index in [0.29, 0.717) is 29.2 Å².